The molecule has 5 heteroatoms. The van der Waals surface area contributed by atoms with Crippen LogP contribution in [0.25, 0.3) is 0 Å². The van der Waals surface area contributed by atoms with Crippen molar-refractivity contribution in [3.8, 4) is 5.75 Å². The second kappa shape index (κ2) is 6.88. The van der Waals surface area contributed by atoms with Crippen LogP contribution in [0.4, 0.5) is 11.5 Å². The Bertz CT molecular complexity index is 910. The molecule has 1 atom stereocenters. The Labute approximate surface area is 152 Å². The molecular formula is C21H19N3O2. The van der Waals surface area contributed by atoms with Gasteiger partial charge in [-0.25, -0.2) is 4.98 Å². The van der Waals surface area contributed by atoms with Crippen LogP contribution in [0.1, 0.15) is 29.0 Å². The van der Waals surface area contributed by atoms with Gasteiger partial charge in [0.25, 0.3) is 5.91 Å². The van der Waals surface area contributed by atoms with Gasteiger partial charge >= 0.3 is 0 Å². The Balaban J connectivity index is 1.69. The van der Waals surface area contributed by atoms with E-state index in [0.29, 0.717) is 18.0 Å². The van der Waals surface area contributed by atoms with Crippen LogP contribution >= 0.6 is 0 Å². The lowest BCUT2D eigenvalue weighted by Gasteiger charge is -2.26. The summed E-state index contributed by atoms with van der Waals surface area (Å²) in [6, 6.07) is 21.0. The number of benzene rings is 2. The molecule has 3 aromatic rings. The van der Waals surface area contributed by atoms with Crippen molar-refractivity contribution < 1.29 is 9.53 Å². The highest BCUT2D eigenvalue weighted by Crippen LogP contribution is 2.37. The molecule has 130 valence electrons. The van der Waals surface area contributed by atoms with Crippen molar-refractivity contribution >= 4 is 17.4 Å². The lowest BCUT2D eigenvalue weighted by atomic mass is 10.1. The molecule has 0 radical (unpaired) electrons. The van der Waals surface area contributed by atoms with Gasteiger partial charge in [-0.1, -0.05) is 24.3 Å². The molecule has 0 bridgehead atoms. The van der Waals surface area contributed by atoms with Gasteiger partial charge in [0.05, 0.1) is 6.61 Å². The molecule has 0 saturated heterocycles. The second-order valence-electron chi connectivity index (χ2n) is 5.95. The fourth-order valence-corrected chi connectivity index (χ4v) is 3.16. The number of nitrogens with one attached hydrogen (secondary N) is 1. The SMILES string of the molecule is CCOc1ccc(NC2c3ccccc3C(=O)N2c2ccccn2)cc1. The van der Waals surface area contributed by atoms with Crippen molar-refractivity contribution in [3.05, 3.63) is 84.1 Å². The van der Waals surface area contributed by atoms with Crippen LogP contribution in [0.15, 0.2) is 72.9 Å². The van der Waals surface area contributed by atoms with Crippen LogP contribution in [-0.4, -0.2) is 17.5 Å². The number of nitrogens with zero attached hydrogens (tertiary/aromatic N) is 2. The Morgan fingerprint density at radius 1 is 1.04 bits per heavy atom. The quantitative estimate of drug-likeness (QED) is 0.751. The van der Waals surface area contributed by atoms with Crippen LogP contribution in [-0.2, 0) is 0 Å². The van der Waals surface area contributed by atoms with E-state index in [4.69, 9.17) is 4.74 Å². The van der Waals surface area contributed by atoms with E-state index in [2.05, 4.69) is 10.3 Å². The van der Waals surface area contributed by atoms with Crippen LogP contribution in [0.2, 0.25) is 0 Å². The molecule has 1 aliphatic rings. The minimum atomic E-state index is -0.313. The summed E-state index contributed by atoms with van der Waals surface area (Å²) < 4.78 is 5.49. The number of hydrogen-bond donors (Lipinski definition) is 1. The molecule has 1 aliphatic heterocycles. The molecule has 0 aliphatic carbocycles. The molecule has 1 N–H and O–H groups in total. The van der Waals surface area contributed by atoms with E-state index in [1.807, 2.05) is 73.7 Å². The smallest absolute Gasteiger partial charge is 0.261 e. The maximum atomic E-state index is 13.0. The van der Waals surface area contributed by atoms with E-state index in [0.717, 1.165) is 17.0 Å². The third kappa shape index (κ3) is 2.88. The van der Waals surface area contributed by atoms with Gasteiger partial charge < -0.3 is 10.1 Å². The topological polar surface area (TPSA) is 54.5 Å². The summed E-state index contributed by atoms with van der Waals surface area (Å²) in [5.74, 6) is 1.39. The van der Waals surface area contributed by atoms with Crippen LogP contribution in [0.3, 0.4) is 0 Å². The lowest BCUT2D eigenvalue weighted by molar-refractivity contribution is 0.0992. The molecule has 1 aromatic heterocycles. The summed E-state index contributed by atoms with van der Waals surface area (Å²) in [4.78, 5) is 19.0. The highest BCUT2D eigenvalue weighted by Gasteiger charge is 2.38. The number of amides is 1. The molecule has 0 fully saturated rings. The molecule has 0 spiro atoms. The van der Waals surface area contributed by atoms with E-state index in [1.165, 1.54) is 0 Å². The molecule has 1 amide bonds. The number of anilines is 2. The van der Waals surface area contributed by atoms with Gasteiger partial charge in [0.1, 0.15) is 17.7 Å². The highest BCUT2D eigenvalue weighted by atomic mass is 16.5. The number of carbonyl (C=O) groups is 1. The zero-order chi connectivity index (χ0) is 17.9. The lowest BCUT2D eigenvalue weighted by Crippen LogP contribution is -2.32. The summed E-state index contributed by atoms with van der Waals surface area (Å²) in [5.41, 5.74) is 2.54. The first-order valence-electron chi connectivity index (χ1n) is 8.61. The first-order valence-corrected chi connectivity index (χ1v) is 8.61. The van der Waals surface area contributed by atoms with E-state index in [-0.39, 0.29) is 12.1 Å². The average molecular weight is 345 g/mol. The van der Waals surface area contributed by atoms with Crippen molar-refractivity contribution in [1.82, 2.24) is 4.98 Å². The zero-order valence-electron chi connectivity index (χ0n) is 14.4. The van der Waals surface area contributed by atoms with Gasteiger partial charge in [-0.3, -0.25) is 9.69 Å². The second-order valence-corrected chi connectivity index (χ2v) is 5.95. The van der Waals surface area contributed by atoms with E-state index in [9.17, 15) is 4.79 Å². The summed E-state index contributed by atoms with van der Waals surface area (Å²) >= 11 is 0. The Morgan fingerprint density at radius 2 is 1.81 bits per heavy atom. The van der Waals surface area contributed by atoms with Crippen molar-refractivity contribution in [1.29, 1.82) is 0 Å². The normalized spacial score (nSPS) is 15.7. The number of rotatable bonds is 5. The van der Waals surface area contributed by atoms with Crippen molar-refractivity contribution in [3.63, 3.8) is 0 Å². The molecule has 5 nitrogen and oxygen atoms in total. The molecule has 1 unspecified atom stereocenters. The summed E-state index contributed by atoms with van der Waals surface area (Å²) in [7, 11) is 0. The monoisotopic (exact) mass is 345 g/mol. The number of aromatic nitrogens is 1. The number of fused-ring (bicyclic) bond motifs is 1. The summed E-state index contributed by atoms with van der Waals surface area (Å²) in [6.07, 6.45) is 1.38. The van der Waals surface area contributed by atoms with Crippen molar-refractivity contribution in [2.24, 2.45) is 0 Å². The molecule has 4 rings (SSSR count). The van der Waals surface area contributed by atoms with Gasteiger partial charge in [-0.2, -0.15) is 0 Å². The molecule has 2 aromatic carbocycles. The number of pyridine rings is 1. The van der Waals surface area contributed by atoms with Crippen LogP contribution in [0.5, 0.6) is 5.75 Å². The Morgan fingerprint density at radius 3 is 2.54 bits per heavy atom. The highest BCUT2D eigenvalue weighted by molar-refractivity contribution is 6.10. The van der Waals surface area contributed by atoms with Gasteiger partial charge in [0.15, 0.2) is 0 Å². The minimum Gasteiger partial charge on any atom is -0.494 e. The van der Waals surface area contributed by atoms with Gasteiger partial charge in [0, 0.05) is 23.0 Å². The van der Waals surface area contributed by atoms with Crippen molar-refractivity contribution in [2.75, 3.05) is 16.8 Å². The fourth-order valence-electron chi connectivity index (χ4n) is 3.16. The fraction of sp³-hybridized carbons (Fsp3) is 0.143. The van der Waals surface area contributed by atoms with Gasteiger partial charge in [0.2, 0.25) is 0 Å². The third-order valence-electron chi connectivity index (χ3n) is 4.33. The molecular weight excluding hydrogens is 326 g/mol. The average Bonchev–Trinajstić information content (AvgIpc) is 2.96. The van der Waals surface area contributed by atoms with Crippen LogP contribution in [0, 0.1) is 0 Å². The third-order valence-corrected chi connectivity index (χ3v) is 4.33. The molecule has 0 saturated carbocycles. The number of hydrogen-bond acceptors (Lipinski definition) is 4. The zero-order valence-corrected chi connectivity index (χ0v) is 14.4. The van der Waals surface area contributed by atoms with Crippen LogP contribution < -0.4 is 15.0 Å². The largest absolute Gasteiger partial charge is 0.494 e. The number of carbonyl (C=O) groups excluding carboxylic acids is 1. The first kappa shape index (κ1) is 16.1. The predicted octanol–water partition coefficient (Wildman–Crippen LogP) is 4.25. The maximum Gasteiger partial charge on any atom is 0.261 e. The van der Waals surface area contributed by atoms with Gasteiger partial charge in [-0.05, 0) is 49.4 Å². The van der Waals surface area contributed by atoms with Gasteiger partial charge in [-0.15, -0.1) is 0 Å². The van der Waals surface area contributed by atoms with E-state index < -0.39 is 0 Å². The summed E-state index contributed by atoms with van der Waals surface area (Å²) in [5, 5.41) is 3.45. The Hall–Kier alpha value is -3.34. The van der Waals surface area contributed by atoms with E-state index in [1.54, 1.807) is 11.1 Å². The standard InChI is InChI=1S/C21H19N3O2/c1-2-26-16-12-10-15(11-13-16)23-20-17-7-3-4-8-18(17)21(25)24(20)19-9-5-6-14-22-19/h3-14,20,23H,2H2,1H3. The predicted molar refractivity (Wildman–Crippen MR) is 101 cm³/mol. The number of ether oxygens (including phenoxy) is 1. The minimum absolute atomic E-state index is 0.0530. The Kier molecular flexibility index (Phi) is 4.27. The molecule has 2 heterocycles. The summed E-state index contributed by atoms with van der Waals surface area (Å²) in [6.45, 7) is 2.59. The molecule has 26 heavy (non-hydrogen) atoms. The van der Waals surface area contributed by atoms with Crippen molar-refractivity contribution in [2.45, 2.75) is 13.1 Å². The maximum absolute atomic E-state index is 13.0. The first-order chi connectivity index (χ1) is 12.8. The van der Waals surface area contributed by atoms with E-state index >= 15 is 0 Å².